The molecule has 0 atom stereocenters. The van der Waals surface area contributed by atoms with Crippen molar-refractivity contribution in [1.82, 2.24) is 0 Å². The highest BCUT2D eigenvalue weighted by Crippen LogP contribution is 2.41. The molecule has 2 aliphatic rings. The van der Waals surface area contributed by atoms with E-state index in [1.54, 1.807) is 14.2 Å². The van der Waals surface area contributed by atoms with Crippen molar-refractivity contribution in [1.29, 1.82) is 0 Å². The zero-order valence-corrected chi connectivity index (χ0v) is 20.1. The van der Waals surface area contributed by atoms with Gasteiger partial charge < -0.3 is 24.6 Å². The van der Waals surface area contributed by atoms with E-state index in [4.69, 9.17) is 14.2 Å². The van der Waals surface area contributed by atoms with Gasteiger partial charge in [0.1, 0.15) is 17.0 Å². The highest BCUT2D eigenvalue weighted by atomic mass is 16.5. The Morgan fingerprint density at radius 1 is 1.03 bits per heavy atom. The van der Waals surface area contributed by atoms with Crippen molar-refractivity contribution < 1.29 is 24.1 Å². The molecule has 6 nitrogen and oxygen atoms in total. The summed E-state index contributed by atoms with van der Waals surface area (Å²) in [6, 6.07) is 8.14. The standard InChI is InChI=1S/C27H35NO5/c1-17-23(15-24(31-3)18(2)25(17)32-4)22-11-8-20(14-19(22)16-33-21-9-10-21)28-27(26(29)30)12-6-5-7-13-27/h8,11,14-15,21,28H,5-7,9-10,12-13,16H2,1-4H3,(H,29,30). The second kappa shape index (κ2) is 9.64. The molecule has 2 saturated carbocycles. The number of carboxylic acids is 1. The van der Waals surface area contributed by atoms with Crippen molar-refractivity contribution in [2.45, 2.75) is 77.0 Å². The van der Waals surface area contributed by atoms with Gasteiger partial charge in [-0.1, -0.05) is 25.3 Å². The Balaban J connectivity index is 1.75. The maximum Gasteiger partial charge on any atom is 0.329 e. The SMILES string of the molecule is COc1cc(-c2ccc(NC3(C(=O)O)CCCCC3)cc2COC2CC2)c(C)c(OC)c1C. The molecule has 6 heteroatoms. The lowest BCUT2D eigenvalue weighted by atomic mass is 9.81. The van der Waals surface area contributed by atoms with E-state index < -0.39 is 11.5 Å². The number of hydrogen-bond donors (Lipinski definition) is 2. The first kappa shape index (κ1) is 23.4. The van der Waals surface area contributed by atoms with Crippen LogP contribution in [0.4, 0.5) is 5.69 Å². The number of anilines is 1. The minimum Gasteiger partial charge on any atom is -0.496 e. The van der Waals surface area contributed by atoms with Gasteiger partial charge in [-0.3, -0.25) is 0 Å². The molecular weight excluding hydrogens is 418 g/mol. The van der Waals surface area contributed by atoms with Crippen molar-refractivity contribution >= 4 is 11.7 Å². The molecule has 2 N–H and O–H groups in total. The third-order valence-corrected chi connectivity index (χ3v) is 7.05. The van der Waals surface area contributed by atoms with E-state index in [2.05, 4.69) is 30.4 Å². The topological polar surface area (TPSA) is 77.0 Å². The van der Waals surface area contributed by atoms with E-state index in [-0.39, 0.29) is 0 Å². The van der Waals surface area contributed by atoms with Gasteiger partial charge in [-0.05, 0) is 80.0 Å². The zero-order valence-electron chi connectivity index (χ0n) is 20.1. The number of methoxy groups -OCH3 is 2. The first-order valence-corrected chi connectivity index (χ1v) is 11.9. The molecule has 33 heavy (non-hydrogen) atoms. The predicted molar refractivity (Wildman–Crippen MR) is 129 cm³/mol. The fraction of sp³-hybridized carbons (Fsp3) is 0.519. The first-order chi connectivity index (χ1) is 15.9. The van der Waals surface area contributed by atoms with Crippen LogP contribution < -0.4 is 14.8 Å². The maximum atomic E-state index is 12.2. The first-order valence-electron chi connectivity index (χ1n) is 11.9. The molecule has 0 spiro atoms. The monoisotopic (exact) mass is 453 g/mol. The number of benzene rings is 2. The van der Waals surface area contributed by atoms with Gasteiger partial charge in [-0.15, -0.1) is 0 Å². The smallest absolute Gasteiger partial charge is 0.329 e. The number of hydrogen-bond acceptors (Lipinski definition) is 5. The lowest BCUT2D eigenvalue weighted by Gasteiger charge is -2.35. The summed E-state index contributed by atoms with van der Waals surface area (Å²) in [5.74, 6) is 0.814. The van der Waals surface area contributed by atoms with Gasteiger partial charge >= 0.3 is 5.97 Å². The summed E-state index contributed by atoms with van der Waals surface area (Å²) >= 11 is 0. The van der Waals surface area contributed by atoms with E-state index in [0.717, 1.165) is 77.1 Å². The van der Waals surface area contributed by atoms with Gasteiger partial charge in [0, 0.05) is 11.3 Å². The summed E-state index contributed by atoms with van der Waals surface area (Å²) in [5, 5.41) is 13.4. The third-order valence-electron chi connectivity index (χ3n) is 7.05. The molecule has 0 bridgehead atoms. The van der Waals surface area contributed by atoms with Crippen molar-refractivity contribution in [2.75, 3.05) is 19.5 Å². The molecule has 0 radical (unpaired) electrons. The molecule has 0 aliphatic heterocycles. The van der Waals surface area contributed by atoms with Crippen molar-refractivity contribution in [3.05, 3.63) is 41.0 Å². The summed E-state index contributed by atoms with van der Waals surface area (Å²) in [4.78, 5) is 12.2. The molecule has 2 aromatic rings. The molecule has 2 fully saturated rings. The average Bonchev–Trinajstić information content (AvgIpc) is 3.64. The molecule has 4 rings (SSSR count). The van der Waals surface area contributed by atoms with Crippen LogP contribution in [0.5, 0.6) is 11.5 Å². The minimum atomic E-state index is -0.902. The number of carbonyl (C=O) groups is 1. The van der Waals surface area contributed by atoms with Crippen molar-refractivity contribution in [3.8, 4) is 22.6 Å². The van der Waals surface area contributed by atoms with Gasteiger partial charge in [0.2, 0.25) is 0 Å². The Hall–Kier alpha value is -2.73. The number of nitrogens with one attached hydrogen (secondary N) is 1. The average molecular weight is 454 g/mol. The number of carboxylic acid groups (broad SMARTS) is 1. The van der Waals surface area contributed by atoms with Crippen LogP contribution in [0.2, 0.25) is 0 Å². The zero-order chi connectivity index (χ0) is 23.6. The van der Waals surface area contributed by atoms with Crippen LogP contribution in [0, 0.1) is 13.8 Å². The molecule has 178 valence electrons. The normalized spacial score (nSPS) is 17.5. The number of aliphatic carboxylic acids is 1. The van der Waals surface area contributed by atoms with E-state index in [1.807, 2.05) is 13.0 Å². The maximum absolute atomic E-state index is 12.2. The Morgan fingerprint density at radius 3 is 2.36 bits per heavy atom. The largest absolute Gasteiger partial charge is 0.496 e. The van der Waals surface area contributed by atoms with Gasteiger partial charge in [-0.25, -0.2) is 4.79 Å². The molecule has 0 unspecified atom stereocenters. The molecule has 0 heterocycles. The van der Waals surface area contributed by atoms with E-state index in [9.17, 15) is 9.90 Å². The second-order valence-corrected chi connectivity index (χ2v) is 9.36. The summed E-state index contributed by atoms with van der Waals surface area (Å²) < 4.78 is 17.4. The van der Waals surface area contributed by atoms with Crippen molar-refractivity contribution in [3.63, 3.8) is 0 Å². The lowest BCUT2D eigenvalue weighted by molar-refractivity contribution is -0.143. The predicted octanol–water partition coefficient (Wildman–Crippen LogP) is 5.87. The highest BCUT2D eigenvalue weighted by Gasteiger charge is 2.39. The summed E-state index contributed by atoms with van der Waals surface area (Å²) in [6.45, 7) is 4.53. The fourth-order valence-corrected chi connectivity index (χ4v) is 4.98. The summed E-state index contributed by atoms with van der Waals surface area (Å²) in [7, 11) is 3.35. The van der Waals surface area contributed by atoms with Gasteiger partial charge in [0.05, 0.1) is 26.9 Å². The third kappa shape index (κ3) is 4.81. The Bertz CT molecular complexity index is 1020. The van der Waals surface area contributed by atoms with Crippen LogP contribution in [0.15, 0.2) is 24.3 Å². The van der Waals surface area contributed by atoms with Crippen molar-refractivity contribution in [2.24, 2.45) is 0 Å². The number of ether oxygens (including phenoxy) is 3. The highest BCUT2D eigenvalue weighted by molar-refractivity contribution is 5.84. The molecule has 2 aliphatic carbocycles. The minimum absolute atomic E-state index is 0.321. The van der Waals surface area contributed by atoms with E-state index in [0.29, 0.717) is 25.6 Å². The second-order valence-electron chi connectivity index (χ2n) is 9.36. The van der Waals surface area contributed by atoms with Gasteiger partial charge in [0.15, 0.2) is 0 Å². The number of rotatable bonds is 9. The Morgan fingerprint density at radius 2 is 1.76 bits per heavy atom. The molecule has 2 aromatic carbocycles. The van der Waals surface area contributed by atoms with Crippen LogP contribution in [-0.4, -0.2) is 36.9 Å². The van der Waals surface area contributed by atoms with Crippen LogP contribution in [-0.2, 0) is 16.1 Å². The van der Waals surface area contributed by atoms with E-state index in [1.165, 1.54) is 0 Å². The van der Waals surface area contributed by atoms with Crippen LogP contribution >= 0.6 is 0 Å². The van der Waals surface area contributed by atoms with Crippen LogP contribution in [0.1, 0.15) is 61.6 Å². The summed E-state index contributed by atoms with van der Waals surface area (Å²) in [6.07, 6.45) is 6.75. The van der Waals surface area contributed by atoms with E-state index >= 15 is 0 Å². The quantitative estimate of drug-likeness (QED) is 0.495. The summed E-state index contributed by atoms with van der Waals surface area (Å²) in [5.41, 5.74) is 5.03. The Labute approximate surface area is 196 Å². The molecule has 0 saturated heterocycles. The molecule has 0 aromatic heterocycles. The van der Waals surface area contributed by atoms with Gasteiger partial charge in [0.25, 0.3) is 0 Å². The Kier molecular flexibility index (Phi) is 6.84. The molecule has 0 amide bonds. The van der Waals surface area contributed by atoms with Gasteiger partial charge in [-0.2, -0.15) is 0 Å². The molecular formula is C27H35NO5. The lowest BCUT2D eigenvalue weighted by Crippen LogP contribution is -2.47. The van der Waals surface area contributed by atoms with Crippen LogP contribution in [0.25, 0.3) is 11.1 Å². The van der Waals surface area contributed by atoms with Crippen LogP contribution in [0.3, 0.4) is 0 Å². The fourth-order valence-electron chi connectivity index (χ4n) is 4.98.